The summed E-state index contributed by atoms with van der Waals surface area (Å²) in [6.07, 6.45) is -0.150. The van der Waals surface area contributed by atoms with Gasteiger partial charge in [-0.1, -0.05) is 0 Å². The number of morpholine rings is 1. The molecular formula is C10H22N2O3. The van der Waals surface area contributed by atoms with Crippen LogP contribution in [0.25, 0.3) is 0 Å². The lowest BCUT2D eigenvalue weighted by molar-refractivity contribution is -0.141. The number of nitrogens with zero attached hydrogens (tertiary/aromatic N) is 1. The second-order valence-corrected chi connectivity index (χ2v) is 3.30. The number of rotatable bonds is 7. The van der Waals surface area contributed by atoms with E-state index in [0.717, 1.165) is 26.3 Å². The fourth-order valence-corrected chi connectivity index (χ4v) is 1.46. The number of hydrazine groups is 1. The second-order valence-electron chi connectivity index (χ2n) is 3.30. The molecule has 5 heteroatoms. The smallest absolute Gasteiger partial charge is 0.171 e. The molecule has 1 aliphatic heterocycles. The second kappa shape index (κ2) is 8.01. The zero-order valence-corrected chi connectivity index (χ0v) is 9.70. The summed E-state index contributed by atoms with van der Waals surface area (Å²) in [5.41, 5.74) is 3.29. The van der Waals surface area contributed by atoms with Crippen LogP contribution >= 0.6 is 0 Å². The molecule has 0 radical (unpaired) electrons. The van der Waals surface area contributed by atoms with E-state index in [1.807, 2.05) is 13.8 Å². The monoisotopic (exact) mass is 218 g/mol. The van der Waals surface area contributed by atoms with Crippen molar-refractivity contribution in [3.63, 3.8) is 0 Å². The van der Waals surface area contributed by atoms with E-state index in [-0.39, 0.29) is 6.29 Å². The summed E-state index contributed by atoms with van der Waals surface area (Å²) in [4.78, 5) is 0. The SMILES string of the molecule is CCOC(CNN1CCOCC1)OCC. The minimum atomic E-state index is -0.150. The first-order valence-corrected chi connectivity index (χ1v) is 5.66. The maximum Gasteiger partial charge on any atom is 0.171 e. The van der Waals surface area contributed by atoms with Crippen LogP contribution in [-0.2, 0) is 14.2 Å². The third-order valence-corrected chi connectivity index (χ3v) is 2.20. The van der Waals surface area contributed by atoms with Gasteiger partial charge in [0.25, 0.3) is 0 Å². The van der Waals surface area contributed by atoms with Crippen LogP contribution in [-0.4, -0.2) is 57.4 Å². The quantitative estimate of drug-likeness (QED) is 0.619. The standard InChI is InChI=1S/C10H22N2O3/c1-3-14-10(15-4-2)9-11-12-5-7-13-8-6-12/h10-11H,3-9H2,1-2H3. The van der Waals surface area contributed by atoms with Crippen molar-refractivity contribution in [2.24, 2.45) is 0 Å². The molecule has 0 bridgehead atoms. The molecule has 1 rings (SSSR count). The van der Waals surface area contributed by atoms with Gasteiger partial charge in [-0.2, -0.15) is 0 Å². The molecule has 1 fully saturated rings. The predicted octanol–water partition coefficient (Wildman–Crippen LogP) is 0.222. The number of ether oxygens (including phenoxy) is 3. The largest absolute Gasteiger partial charge is 0.379 e. The zero-order chi connectivity index (χ0) is 10.9. The van der Waals surface area contributed by atoms with Crippen molar-refractivity contribution in [1.82, 2.24) is 10.4 Å². The Kier molecular flexibility index (Phi) is 6.87. The predicted molar refractivity (Wildman–Crippen MR) is 57.4 cm³/mol. The van der Waals surface area contributed by atoms with Crippen LogP contribution in [0.1, 0.15) is 13.8 Å². The Morgan fingerprint density at radius 3 is 2.33 bits per heavy atom. The zero-order valence-electron chi connectivity index (χ0n) is 9.70. The van der Waals surface area contributed by atoms with E-state index in [4.69, 9.17) is 14.2 Å². The highest BCUT2D eigenvalue weighted by Crippen LogP contribution is 1.96. The first-order chi connectivity index (χ1) is 7.36. The van der Waals surface area contributed by atoms with E-state index in [2.05, 4.69) is 10.4 Å². The maximum atomic E-state index is 5.43. The summed E-state index contributed by atoms with van der Waals surface area (Å²) in [6.45, 7) is 9.42. The van der Waals surface area contributed by atoms with Crippen LogP contribution in [0.3, 0.4) is 0 Å². The molecule has 1 heterocycles. The Morgan fingerprint density at radius 1 is 1.20 bits per heavy atom. The van der Waals surface area contributed by atoms with E-state index >= 15 is 0 Å². The maximum absolute atomic E-state index is 5.43. The van der Waals surface area contributed by atoms with Crippen LogP contribution in [0, 0.1) is 0 Å². The summed E-state index contributed by atoms with van der Waals surface area (Å²) in [5, 5.41) is 2.15. The van der Waals surface area contributed by atoms with Crippen molar-refractivity contribution in [1.29, 1.82) is 0 Å². The highest BCUT2D eigenvalue weighted by Gasteiger charge is 2.13. The molecule has 15 heavy (non-hydrogen) atoms. The molecular weight excluding hydrogens is 196 g/mol. The van der Waals surface area contributed by atoms with Gasteiger partial charge in [0, 0.05) is 26.3 Å². The fraction of sp³-hybridized carbons (Fsp3) is 1.00. The van der Waals surface area contributed by atoms with Gasteiger partial charge in [-0.15, -0.1) is 0 Å². The van der Waals surface area contributed by atoms with E-state index in [9.17, 15) is 0 Å². The van der Waals surface area contributed by atoms with E-state index in [1.54, 1.807) is 0 Å². The molecule has 0 atom stereocenters. The lowest BCUT2D eigenvalue weighted by Crippen LogP contribution is -2.48. The molecule has 0 spiro atoms. The Balaban J connectivity index is 2.13. The van der Waals surface area contributed by atoms with Crippen LogP contribution in [0.5, 0.6) is 0 Å². The van der Waals surface area contributed by atoms with E-state index in [0.29, 0.717) is 19.8 Å². The van der Waals surface area contributed by atoms with Gasteiger partial charge in [0.05, 0.1) is 19.8 Å². The first kappa shape index (κ1) is 12.9. The van der Waals surface area contributed by atoms with Gasteiger partial charge in [-0.05, 0) is 13.8 Å². The van der Waals surface area contributed by atoms with E-state index in [1.165, 1.54) is 0 Å². The van der Waals surface area contributed by atoms with Gasteiger partial charge in [0.2, 0.25) is 0 Å². The van der Waals surface area contributed by atoms with Crippen molar-refractivity contribution in [2.75, 3.05) is 46.1 Å². The molecule has 1 N–H and O–H groups in total. The lowest BCUT2D eigenvalue weighted by atomic mass is 10.5. The molecule has 90 valence electrons. The molecule has 0 aromatic heterocycles. The summed E-state index contributed by atoms with van der Waals surface area (Å²) < 4.78 is 16.1. The van der Waals surface area contributed by atoms with Crippen molar-refractivity contribution >= 4 is 0 Å². The van der Waals surface area contributed by atoms with Gasteiger partial charge in [-0.3, -0.25) is 0 Å². The Hall–Kier alpha value is -0.200. The van der Waals surface area contributed by atoms with Crippen LogP contribution in [0.2, 0.25) is 0 Å². The Bertz CT molecular complexity index is 146. The molecule has 1 aliphatic rings. The highest BCUT2D eigenvalue weighted by molar-refractivity contribution is 4.58. The number of hydrogen-bond acceptors (Lipinski definition) is 5. The summed E-state index contributed by atoms with van der Waals surface area (Å²) in [7, 11) is 0. The molecule has 0 aromatic carbocycles. The number of hydrogen-bond donors (Lipinski definition) is 1. The van der Waals surface area contributed by atoms with E-state index < -0.39 is 0 Å². The average molecular weight is 218 g/mol. The Labute approximate surface area is 91.6 Å². The molecule has 0 aromatic rings. The first-order valence-electron chi connectivity index (χ1n) is 5.66. The molecule has 0 unspecified atom stereocenters. The normalized spacial score (nSPS) is 18.6. The molecule has 1 saturated heterocycles. The van der Waals surface area contributed by atoms with Gasteiger partial charge < -0.3 is 14.2 Å². The van der Waals surface area contributed by atoms with Gasteiger partial charge in [0.15, 0.2) is 6.29 Å². The molecule has 0 saturated carbocycles. The minimum Gasteiger partial charge on any atom is -0.379 e. The molecule has 0 aliphatic carbocycles. The topological polar surface area (TPSA) is 43.0 Å². The average Bonchev–Trinajstić information content (AvgIpc) is 2.28. The van der Waals surface area contributed by atoms with Crippen molar-refractivity contribution in [3.8, 4) is 0 Å². The van der Waals surface area contributed by atoms with Crippen LogP contribution < -0.4 is 5.43 Å². The van der Waals surface area contributed by atoms with Gasteiger partial charge in [-0.25, -0.2) is 10.4 Å². The number of nitrogens with one attached hydrogen (secondary N) is 1. The molecule has 5 nitrogen and oxygen atoms in total. The summed E-state index contributed by atoms with van der Waals surface area (Å²) in [6, 6.07) is 0. The van der Waals surface area contributed by atoms with Crippen molar-refractivity contribution < 1.29 is 14.2 Å². The van der Waals surface area contributed by atoms with Crippen molar-refractivity contribution in [3.05, 3.63) is 0 Å². The summed E-state index contributed by atoms with van der Waals surface area (Å²) in [5.74, 6) is 0. The molecule has 0 amide bonds. The van der Waals surface area contributed by atoms with Crippen LogP contribution in [0.4, 0.5) is 0 Å². The van der Waals surface area contributed by atoms with Crippen LogP contribution in [0.15, 0.2) is 0 Å². The van der Waals surface area contributed by atoms with Gasteiger partial charge in [0.1, 0.15) is 0 Å². The third kappa shape index (κ3) is 5.44. The minimum absolute atomic E-state index is 0.150. The Morgan fingerprint density at radius 2 is 1.80 bits per heavy atom. The third-order valence-electron chi connectivity index (χ3n) is 2.20. The fourth-order valence-electron chi connectivity index (χ4n) is 1.46. The highest BCUT2D eigenvalue weighted by atomic mass is 16.7. The summed E-state index contributed by atoms with van der Waals surface area (Å²) >= 11 is 0. The lowest BCUT2D eigenvalue weighted by Gasteiger charge is -2.29. The van der Waals surface area contributed by atoms with Crippen molar-refractivity contribution in [2.45, 2.75) is 20.1 Å². The van der Waals surface area contributed by atoms with Gasteiger partial charge >= 0.3 is 0 Å².